The number of rotatable bonds is 3. The molecular weight excluding hydrogens is 193 g/mol. The van der Waals surface area contributed by atoms with Crippen molar-refractivity contribution < 1.29 is 18.0 Å². The number of hydrogen-bond acceptors (Lipinski definition) is 1. The minimum atomic E-state index is -3.36. The fourth-order valence-electron chi connectivity index (χ4n) is 0.983. The van der Waals surface area contributed by atoms with E-state index in [1.165, 1.54) is 12.1 Å². The Morgan fingerprint density at radius 1 is 1.29 bits per heavy atom. The molecule has 0 spiro atoms. The van der Waals surface area contributed by atoms with E-state index < -0.39 is 23.9 Å². The van der Waals surface area contributed by atoms with Crippen molar-refractivity contribution in [3.05, 3.63) is 35.6 Å². The molecule has 0 aliphatic carbocycles. The van der Waals surface area contributed by atoms with Gasteiger partial charge in [-0.25, -0.2) is 4.39 Å². The molecular formula is C10H9F3O. The second-order valence-electron chi connectivity index (χ2n) is 3.06. The monoisotopic (exact) mass is 202 g/mol. The Kier molecular flexibility index (Phi) is 2.93. The summed E-state index contributed by atoms with van der Waals surface area (Å²) >= 11 is 0. The van der Waals surface area contributed by atoms with Crippen LogP contribution < -0.4 is 0 Å². The zero-order chi connectivity index (χ0) is 10.8. The molecule has 4 heteroatoms. The fraction of sp³-hybridized carbons (Fsp3) is 0.300. The zero-order valence-corrected chi connectivity index (χ0v) is 7.56. The zero-order valence-electron chi connectivity index (χ0n) is 7.56. The number of ketones is 1. The average Bonchev–Trinajstić information content (AvgIpc) is 2.08. The van der Waals surface area contributed by atoms with Gasteiger partial charge in [0.2, 0.25) is 0 Å². The lowest BCUT2D eigenvalue weighted by Crippen LogP contribution is -2.28. The van der Waals surface area contributed by atoms with Crippen molar-refractivity contribution in [1.82, 2.24) is 0 Å². The van der Waals surface area contributed by atoms with Crippen LogP contribution in [0.2, 0.25) is 0 Å². The molecule has 14 heavy (non-hydrogen) atoms. The number of carbonyl (C=O) groups is 1. The summed E-state index contributed by atoms with van der Waals surface area (Å²) in [5.74, 6) is -5.03. The first-order valence-corrected chi connectivity index (χ1v) is 4.05. The van der Waals surface area contributed by atoms with Crippen molar-refractivity contribution >= 4 is 5.78 Å². The third-order valence-corrected chi connectivity index (χ3v) is 1.85. The summed E-state index contributed by atoms with van der Waals surface area (Å²) in [7, 11) is 0. The molecule has 1 aromatic carbocycles. The van der Waals surface area contributed by atoms with Crippen LogP contribution in [0, 0.1) is 5.82 Å². The Morgan fingerprint density at radius 3 is 2.21 bits per heavy atom. The highest BCUT2D eigenvalue weighted by Crippen LogP contribution is 2.21. The molecule has 0 saturated carbocycles. The Hall–Kier alpha value is -1.32. The van der Waals surface area contributed by atoms with Crippen molar-refractivity contribution in [2.24, 2.45) is 0 Å². The Labute approximate surface area is 79.5 Å². The molecule has 1 rings (SSSR count). The lowest BCUT2D eigenvalue weighted by atomic mass is 10.0. The van der Waals surface area contributed by atoms with Crippen molar-refractivity contribution in [2.45, 2.75) is 19.3 Å². The molecule has 0 radical (unpaired) electrons. The van der Waals surface area contributed by atoms with E-state index in [0.29, 0.717) is 0 Å². The van der Waals surface area contributed by atoms with Gasteiger partial charge in [-0.1, -0.05) is 12.1 Å². The Bertz CT molecular complexity index is 330. The van der Waals surface area contributed by atoms with Gasteiger partial charge in [0, 0.05) is 13.3 Å². The SMILES string of the molecule is CC(=O)C(F)(F)Cc1ccc(F)cc1. The van der Waals surface area contributed by atoms with Gasteiger partial charge in [-0.05, 0) is 17.7 Å². The minimum absolute atomic E-state index is 0.242. The number of benzene rings is 1. The molecule has 1 aromatic rings. The van der Waals surface area contributed by atoms with E-state index in [1.54, 1.807) is 0 Å². The lowest BCUT2D eigenvalue weighted by molar-refractivity contribution is -0.140. The van der Waals surface area contributed by atoms with Crippen LogP contribution in [0.3, 0.4) is 0 Å². The van der Waals surface area contributed by atoms with Crippen LogP contribution >= 0.6 is 0 Å². The van der Waals surface area contributed by atoms with Crippen LogP contribution in [0.15, 0.2) is 24.3 Å². The van der Waals surface area contributed by atoms with Gasteiger partial charge in [0.1, 0.15) is 5.82 Å². The van der Waals surface area contributed by atoms with Crippen LogP contribution in [-0.4, -0.2) is 11.7 Å². The molecule has 0 atom stereocenters. The molecule has 0 aliphatic rings. The molecule has 0 fully saturated rings. The summed E-state index contributed by atoms with van der Waals surface area (Å²) < 4.78 is 38.2. The average molecular weight is 202 g/mol. The van der Waals surface area contributed by atoms with Gasteiger partial charge in [0.05, 0.1) is 0 Å². The van der Waals surface area contributed by atoms with E-state index in [1.807, 2.05) is 0 Å². The second kappa shape index (κ2) is 3.82. The summed E-state index contributed by atoms with van der Waals surface area (Å²) in [6.45, 7) is 0.837. The van der Waals surface area contributed by atoms with Crippen molar-refractivity contribution in [1.29, 1.82) is 0 Å². The van der Waals surface area contributed by atoms with Gasteiger partial charge in [-0.3, -0.25) is 4.79 Å². The summed E-state index contributed by atoms with van der Waals surface area (Å²) in [4.78, 5) is 10.5. The standard InChI is InChI=1S/C10H9F3O/c1-7(14)10(12,13)6-8-2-4-9(11)5-3-8/h2-5H,6H2,1H3. The molecule has 76 valence electrons. The number of carbonyl (C=O) groups excluding carboxylic acids is 1. The highest BCUT2D eigenvalue weighted by molar-refractivity contribution is 5.83. The lowest BCUT2D eigenvalue weighted by Gasteiger charge is -2.12. The highest BCUT2D eigenvalue weighted by Gasteiger charge is 2.34. The molecule has 0 bridgehead atoms. The molecule has 0 aliphatic heterocycles. The first-order valence-electron chi connectivity index (χ1n) is 4.05. The van der Waals surface area contributed by atoms with E-state index in [4.69, 9.17) is 0 Å². The van der Waals surface area contributed by atoms with Crippen LogP contribution in [0.4, 0.5) is 13.2 Å². The maximum atomic E-state index is 12.9. The smallest absolute Gasteiger partial charge is 0.293 e. The summed E-state index contributed by atoms with van der Waals surface area (Å²) in [5.41, 5.74) is 0.242. The maximum absolute atomic E-state index is 12.9. The molecule has 0 N–H and O–H groups in total. The van der Waals surface area contributed by atoms with Crippen molar-refractivity contribution in [2.75, 3.05) is 0 Å². The van der Waals surface area contributed by atoms with E-state index >= 15 is 0 Å². The van der Waals surface area contributed by atoms with Crippen LogP contribution in [0.5, 0.6) is 0 Å². The fourth-order valence-corrected chi connectivity index (χ4v) is 0.983. The van der Waals surface area contributed by atoms with E-state index in [-0.39, 0.29) is 5.56 Å². The van der Waals surface area contributed by atoms with Crippen LogP contribution in [0.1, 0.15) is 12.5 Å². The second-order valence-corrected chi connectivity index (χ2v) is 3.06. The predicted octanol–water partition coefficient (Wildman–Crippen LogP) is 2.59. The van der Waals surface area contributed by atoms with Gasteiger partial charge in [0.25, 0.3) is 0 Å². The van der Waals surface area contributed by atoms with E-state index in [2.05, 4.69) is 0 Å². The van der Waals surface area contributed by atoms with E-state index in [0.717, 1.165) is 19.1 Å². The molecule has 0 amide bonds. The Morgan fingerprint density at radius 2 is 1.79 bits per heavy atom. The third kappa shape index (κ3) is 2.58. The summed E-state index contributed by atoms with van der Waals surface area (Å²) in [6.07, 6.45) is -0.678. The predicted molar refractivity (Wildman–Crippen MR) is 45.7 cm³/mol. The van der Waals surface area contributed by atoms with E-state index in [9.17, 15) is 18.0 Å². The normalized spacial score (nSPS) is 11.4. The van der Waals surface area contributed by atoms with Crippen molar-refractivity contribution in [3.8, 4) is 0 Å². The highest BCUT2D eigenvalue weighted by atomic mass is 19.3. The maximum Gasteiger partial charge on any atom is 0.308 e. The number of Topliss-reactive ketones (excluding diaryl/α,β-unsaturated/α-hetero) is 1. The number of hydrogen-bond donors (Lipinski definition) is 0. The van der Waals surface area contributed by atoms with Gasteiger partial charge in [-0.15, -0.1) is 0 Å². The number of halogens is 3. The molecule has 0 unspecified atom stereocenters. The van der Waals surface area contributed by atoms with Gasteiger partial charge < -0.3 is 0 Å². The molecule has 0 aromatic heterocycles. The first-order chi connectivity index (χ1) is 6.42. The van der Waals surface area contributed by atoms with Crippen molar-refractivity contribution in [3.63, 3.8) is 0 Å². The first kappa shape index (κ1) is 10.8. The van der Waals surface area contributed by atoms with Crippen LogP contribution in [-0.2, 0) is 11.2 Å². The molecule has 0 heterocycles. The van der Waals surface area contributed by atoms with Gasteiger partial charge in [0.15, 0.2) is 5.78 Å². The van der Waals surface area contributed by atoms with Gasteiger partial charge in [-0.2, -0.15) is 8.78 Å². The van der Waals surface area contributed by atoms with Gasteiger partial charge >= 0.3 is 5.92 Å². The summed E-state index contributed by atoms with van der Waals surface area (Å²) in [5, 5.41) is 0. The quantitative estimate of drug-likeness (QED) is 0.736. The topological polar surface area (TPSA) is 17.1 Å². The summed E-state index contributed by atoms with van der Waals surface area (Å²) in [6, 6.07) is 4.66. The third-order valence-electron chi connectivity index (χ3n) is 1.85. The van der Waals surface area contributed by atoms with Crippen LogP contribution in [0.25, 0.3) is 0 Å². The minimum Gasteiger partial charge on any atom is -0.293 e. The largest absolute Gasteiger partial charge is 0.308 e. The molecule has 0 saturated heterocycles. The molecule has 1 nitrogen and oxygen atoms in total. The number of alkyl halides is 2. The Balaban J connectivity index is 2.79.